The number of amides is 1. The molecule has 0 aliphatic heterocycles. The molecule has 1 aromatic carbocycles. The number of para-hydroxylation sites is 1. The number of nitro groups is 1. The highest BCUT2D eigenvalue weighted by molar-refractivity contribution is 5.95. The van der Waals surface area contributed by atoms with Gasteiger partial charge in [0.2, 0.25) is 0 Å². The van der Waals surface area contributed by atoms with Gasteiger partial charge in [-0.2, -0.15) is 5.10 Å². The summed E-state index contributed by atoms with van der Waals surface area (Å²) in [6.45, 7) is 0. The lowest BCUT2D eigenvalue weighted by Gasteiger charge is -2.09. The van der Waals surface area contributed by atoms with Crippen LogP contribution in [0.1, 0.15) is 15.9 Å². The predicted octanol–water partition coefficient (Wildman–Crippen LogP) is 0.827. The second-order valence-corrected chi connectivity index (χ2v) is 3.89. The van der Waals surface area contributed by atoms with E-state index in [1.807, 2.05) is 0 Å². The van der Waals surface area contributed by atoms with Crippen molar-refractivity contribution in [1.29, 1.82) is 0 Å². The Morgan fingerprint density at radius 3 is 2.67 bits per heavy atom. The minimum absolute atomic E-state index is 0.0132. The quantitative estimate of drug-likeness (QED) is 0.506. The normalized spacial score (nSPS) is 10.5. The Balaban J connectivity index is 2.10. The first-order valence-corrected chi connectivity index (χ1v) is 5.77. The minimum Gasteiger partial charge on any atom is -0.867 e. The highest BCUT2D eigenvalue weighted by atomic mass is 16.6. The first-order valence-electron chi connectivity index (χ1n) is 5.77. The Labute approximate surface area is 118 Å². The number of pyridine rings is 1. The van der Waals surface area contributed by atoms with Gasteiger partial charge < -0.3 is 5.11 Å². The summed E-state index contributed by atoms with van der Waals surface area (Å²) in [5, 5.41) is 25.9. The molecular weight excluding hydrogens is 276 g/mol. The number of nitrogens with zero attached hydrogens (tertiary/aromatic N) is 3. The Kier molecular flexibility index (Phi) is 4.20. The van der Waals surface area contributed by atoms with E-state index in [4.69, 9.17) is 0 Å². The van der Waals surface area contributed by atoms with Gasteiger partial charge in [-0.3, -0.25) is 19.9 Å². The topological polar surface area (TPSA) is 121 Å². The molecule has 8 heteroatoms. The van der Waals surface area contributed by atoms with Gasteiger partial charge in [-0.1, -0.05) is 12.1 Å². The number of hydrogen-bond donors (Lipinski definition) is 1. The zero-order chi connectivity index (χ0) is 15.2. The van der Waals surface area contributed by atoms with Crippen molar-refractivity contribution in [3.63, 3.8) is 0 Å². The number of carbonyl (C=O) groups excluding carboxylic acids is 1. The Morgan fingerprint density at radius 2 is 2.00 bits per heavy atom. The molecule has 0 saturated carbocycles. The average molecular weight is 285 g/mol. The molecule has 8 nitrogen and oxygen atoms in total. The third kappa shape index (κ3) is 3.38. The van der Waals surface area contributed by atoms with Gasteiger partial charge in [-0.25, -0.2) is 5.43 Å². The molecule has 1 amide bonds. The molecule has 0 radical (unpaired) electrons. The highest BCUT2D eigenvalue weighted by Crippen LogP contribution is 2.24. The van der Waals surface area contributed by atoms with Crippen molar-refractivity contribution in [3.8, 4) is 5.75 Å². The summed E-state index contributed by atoms with van der Waals surface area (Å²) < 4.78 is 0. The molecule has 0 fully saturated rings. The smallest absolute Gasteiger partial charge is 0.271 e. The van der Waals surface area contributed by atoms with Crippen LogP contribution in [0.25, 0.3) is 0 Å². The molecule has 0 saturated heterocycles. The zero-order valence-electron chi connectivity index (χ0n) is 10.6. The van der Waals surface area contributed by atoms with E-state index in [1.165, 1.54) is 36.7 Å². The largest absolute Gasteiger partial charge is 0.867 e. The standard InChI is InChI=1S/C13H10N4O4/c18-12-10(2-1-3-11(12)17(20)21)8-15-16-13(19)9-4-6-14-7-5-9/h1-8,18H,(H,16,19)/p-1. The fourth-order valence-corrected chi connectivity index (χ4v) is 1.52. The van der Waals surface area contributed by atoms with E-state index in [2.05, 4.69) is 15.5 Å². The minimum atomic E-state index is -0.769. The fourth-order valence-electron chi connectivity index (χ4n) is 1.52. The number of nitro benzene ring substituents is 1. The molecule has 106 valence electrons. The van der Waals surface area contributed by atoms with Crippen LogP contribution in [0.2, 0.25) is 0 Å². The zero-order valence-corrected chi connectivity index (χ0v) is 10.6. The van der Waals surface area contributed by atoms with E-state index < -0.39 is 22.3 Å². The highest BCUT2D eigenvalue weighted by Gasteiger charge is 2.08. The monoisotopic (exact) mass is 285 g/mol. The van der Waals surface area contributed by atoms with E-state index in [9.17, 15) is 20.0 Å². The van der Waals surface area contributed by atoms with Gasteiger partial charge in [0, 0.05) is 24.0 Å². The summed E-state index contributed by atoms with van der Waals surface area (Å²) in [5.74, 6) is -1.24. The molecule has 0 atom stereocenters. The van der Waals surface area contributed by atoms with Gasteiger partial charge in [0.1, 0.15) is 0 Å². The lowest BCUT2D eigenvalue weighted by Crippen LogP contribution is -2.17. The van der Waals surface area contributed by atoms with Gasteiger partial charge in [0.15, 0.2) is 0 Å². The van der Waals surface area contributed by atoms with Crippen molar-refractivity contribution in [3.05, 3.63) is 64.0 Å². The number of nitrogens with one attached hydrogen (secondary N) is 1. The lowest BCUT2D eigenvalue weighted by molar-refractivity contribution is -0.398. The van der Waals surface area contributed by atoms with Crippen molar-refractivity contribution < 1.29 is 14.8 Å². The number of benzene rings is 1. The molecule has 2 rings (SSSR count). The van der Waals surface area contributed by atoms with Gasteiger partial charge in [-0.15, -0.1) is 0 Å². The van der Waals surface area contributed by atoms with Crippen molar-refractivity contribution in [1.82, 2.24) is 10.4 Å². The molecule has 0 unspecified atom stereocenters. The van der Waals surface area contributed by atoms with E-state index in [0.29, 0.717) is 5.56 Å². The van der Waals surface area contributed by atoms with Crippen LogP contribution in [-0.2, 0) is 0 Å². The molecule has 0 aliphatic carbocycles. The Hall–Kier alpha value is -3.29. The van der Waals surface area contributed by atoms with Crippen LogP contribution in [0.15, 0.2) is 47.8 Å². The van der Waals surface area contributed by atoms with Gasteiger partial charge in [0.05, 0.1) is 11.1 Å². The van der Waals surface area contributed by atoms with Crippen LogP contribution < -0.4 is 10.5 Å². The van der Waals surface area contributed by atoms with Crippen molar-refractivity contribution >= 4 is 17.8 Å². The molecule has 1 N–H and O–H groups in total. The third-order valence-corrected chi connectivity index (χ3v) is 2.53. The molecule has 1 aromatic heterocycles. The van der Waals surface area contributed by atoms with Crippen LogP contribution >= 0.6 is 0 Å². The summed E-state index contributed by atoms with van der Waals surface area (Å²) in [5.41, 5.74) is 2.04. The van der Waals surface area contributed by atoms with Gasteiger partial charge in [0.25, 0.3) is 11.6 Å². The van der Waals surface area contributed by atoms with E-state index in [1.54, 1.807) is 0 Å². The SMILES string of the molecule is O=C(NN=Cc1cccc([N+](=O)[O-])c1[O-])c1ccncc1. The molecule has 0 spiro atoms. The van der Waals surface area contributed by atoms with Crippen LogP contribution in [0, 0.1) is 10.1 Å². The van der Waals surface area contributed by atoms with Crippen molar-refractivity contribution in [2.75, 3.05) is 0 Å². The number of hydrazone groups is 1. The first-order chi connectivity index (χ1) is 10.1. The second kappa shape index (κ2) is 6.24. The predicted molar refractivity (Wildman–Crippen MR) is 71.8 cm³/mol. The van der Waals surface area contributed by atoms with Crippen molar-refractivity contribution in [2.45, 2.75) is 0 Å². The van der Waals surface area contributed by atoms with Gasteiger partial charge >= 0.3 is 0 Å². The maximum absolute atomic E-state index is 11.7. The first kappa shape index (κ1) is 14.1. The summed E-state index contributed by atoms with van der Waals surface area (Å²) in [7, 11) is 0. The summed E-state index contributed by atoms with van der Waals surface area (Å²) in [4.78, 5) is 25.3. The fraction of sp³-hybridized carbons (Fsp3) is 0. The molecular formula is C13H9N4O4-. The molecule has 1 heterocycles. The van der Waals surface area contributed by atoms with Crippen LogP contribution in [-0.4, -0.2) is 22.0 Å². The van der Waals surface area contributed by atoms with E-state index in [-0.39, 0.29) is 5.56 Å². The molecule has 0 bridgehead atoms. The average Bonchev–Trinajstić information content (AvgIpc) is 2.49. The number of carbonyl (C=O) groups is 1. The summed E-state index contributed by atoms with van der Waals surface area (Å²) in [6, 6.07) is 6.84. The molecule has 21 heavy (non-hydrogen) atoms. The number of rotatable bonds is 4. The van der Waals surface area contributed by atoms with Gasteiger partial charge in [-0.05, 0) is 23.4 Å². The van der Waals surface area contributed by atoms with E-state index in [0.717, 1.165) is 12.3 Å². The summed E-state index contributed by atoms with van der Waals surface area (Å²) in [6.07, 6.45) is 3.97. The second-order valence-electron chi connectivity index (χ2n) is 3.89. The lowest BCUT2D eigenvalue weighted by atomic mass is 10.2. The Morgan fingerprint density at radius 1 is 1.29 bits per heavy atom. The maximum atomic E-state index is 11.7. The number of aromatic nitrogens is 1. The van der Waals surface area contributed by atoms with Crippen LogP contribution in [0.3, 0.4) is 0 Å². The molecule has 2 aromatic rings. The number of hydrogen-bond acceptors (Lipinski definition) is 6. The van der Waals surface area contributed by atoms with Crippen molar-refractivity contribution in [2.24, 2.45) is 5.10 Å². The van der Waals surface area contributed by atoms with Crippen LogP contribution in [0.5, 0.6) is 5.75 Å². The van der Waals surface area contributed by atoms with Crippen LogP contribution in [0.4, 0.5) is 5.69 Å². The molecule has 0 aliphatic rings. The third-order valence-electron chi connectivity index (χ3n) is 2.53. The summed E-state index contributed by atoms with van der Waals surface area (Å²) >= 11 is 0. The Bertz CT molecular complexity index is 701. The van der Waals surface area contributed by atoms with E-state index >= 15 is 0 Å². The maximum Gasteiger partial charge on any atom is 0.271 e.